The van der Waals surface area contributed by atoms with Gasteiger partial charge in [-0.05, 0) is 24.0 Å². The highest BCUT2D eigenvalue weighted by atomic mass is 16.2. The minimum Gasteiger partial charge on any atom is -0.344 e. The molecule has 0 unspecified atom stereocenters. The number of hydrogen-bond donors (Lipinski definition) is 1. The van der Waals surface area contributed by atoms with E-state index < -0.39 is 6.04 Å². The van der Waals surface area contributed by atoms with Gasteiger partial charge in [0, 0.05) is 18.7 Å². The van der Waals surface area contributed by atoms with E-state index >= 15 is 0 Å². The van der Waals surface area contributed by atoms with Crippen LogP contribution in [0, 0.1) is 5.92 Å². The first-order valence-electron chi connectivity index (χ1n) is 7.23. The molecule has 0 aromatic heterocycles. The van der Waals surface area contributed by atoms with Gasteiger partial charge in [-0.25, -0.2) is 0 Å². The number of rotatable bonds is 4. The maximum Gasteiger partial charge on any atom is 0.249 e. The highest BCUT2D eigenvalue weighted by molar-refractivity contribution is 6.00. The zero-order valence-electron chi connectivity index (χ0n) is 12.3. The summed E-state index contributed by atoms with van der Waals surface area (Å²) in [4.78, 5) is 26.1. The molecule has 4 nitrogen and oxygen atoms in total. The first-order chi connectivity index (χ1) is 9.54. The third kappa shape index (κ3) is 2.84. The van der Waals surface area contributed by atoms with E-state index in [-0.39, 0.29) is 17.7 Å². The lowest BCUT2D eigenvalue weighted by Crippen LogP contribution is -2.50. The number of carbonyl (C=O) groups excluding carboxylic acids is 2. The number of anilines is 1. The van der Waals surface area contributed by atoms with E-state index in [0.717, 1.165) is 12.1 Å². The molecule has 2 amide bonds. The Kier molecular flexibility index (Phi) is 4.42. The topological polar surface area (TPSA) is 49.4 Å². The summed E-state index contributed by atoms with van der Waals surface area (Å²) >= 11 is 0. The molecule has 1 aromatic carbocycles. The second-order valence-electron chi connectivity index (χ2n) is 5.51. The van der Waals surface area contributed by atoms with Crippen LogP contribution in [0.3, 0.4) is 0 Å². The van der Waals surface area contributed by atoms with Crippen LogP contribution in [0.25, 0.3) is 0 Å². The number of nitrogens with zero attached hydrogens (tertiary/aromatic N) is 1. The van der Waals surface area contributed by atoms with Crippen molar-refractivity contribution in [2.75, 3.05) is 11.4 Å². The largest absolute Gasteiger partial charge is 0.344 e. The Bertz CT molecular complexity index is 511. The maximum absolute atomic E-state index is 12.7. The summed E-state index contributed by atoms with van der Waals surface area (Å²) in [6.07, 6.45) is 1.28. The standard InChI is InChI=1S/C16H22N2O2/c1-4-14(19)17-15(11(2)3)16(20)18-10-9-12-7-5-6-8-13(12)18/h5-8,11,15H,4,9-10H2,1-3H3,(H,17,19)/t15-/m0/s1. The van der Waals surface area contributed by atoms with Crippen molar-refractivity contribution in [3.05, 3.63) is 29.8 Å². The van der Waals surface area contributed by atoms with Crippen LogP contribution < -0.4 is 10.2 Å². The Hall–Kier alpha value is -1.84. The SMILES string of the molecule is CCC(=O)N[C@H](C(=O)N1CCc2ccccc21)C(C)C. The Morgan fingerprint density at radius 3 is 2.65 bits per heavy atom. The molecule has 1 N–H and O–H groups in total. The monoisotopic (exact) mass is 274 g/mol. The number of benzene rings is 1. The molecular weight excluding hydrogens is 252 g/mol. The van der Waals surface area contributed by atoms with Crippen LogP contribution in [0.5, 0.6) is 0 Å². The molecule has 0 saturated carbocycles. The van der Waals surface area contributed by atoms with Crippen LogP contribution in [0.2, 0.25) is 0 Å². The molecule has 0 fully saturated rings. The van der Waals surface area contributed by atoms with Gasteiger partial charge in [0.1, 0.15) is 6.04 Å². The maximum atomic E-state index is 12.7. The molecule has 1 aliphatic heterocycles. The van der Waals surface area contributed by atoms with Crippen LogP contribution in [0.1, 0.15) is 32.8 Å². The van der Waals surface area contributed by atoms with Crippen molar-refractivity contribution in [2.24, 2.45) is 5.92 Å². The Morgan fingerprint density at radius 2 is 2.00 bits per heavy atom. The highest BCUT2D eigenvalue weighted by Gasteiger charge is 2.32. The van der Waals surface area contributed by atoms with Gasteiger partial charge in [-0.3, -0.25) is 9.59 Å². The summed E-state index contributed by atoms with van der Waals surface area (Å²) in [6, 6.07) is 7.51. The van der Waals surface area contributed by atoms with Crippen molar-refractivity contribution in [3.8, 4) is 0 Å². The third-order valence-electron chi connectivity index (χ3n) is 3.72. The molecule has 20 heavy (non-hydrogen) atoms. The molecule has 1 aromatic rings. The average Bonchev–Trinajstić information content (AvgIpc) is 2.87. The molecule has 1 atom stereocenters. The number of carbonyl (C=O) groups is 2. The Balaban J connectivity index is 2.19. The molecule has 108 valence electrons. The second kappa shape index (κ2) is 6.07. The smallest absolute Gasteiger partial charge is 0.249 e. The van der Waals surface area contributed by atoms with Crippen LogP contribution >= 0.6 is 0 Å². The van der Waals surface area contributed by atoms with Gasteiger partial charge in [-0.15, -0.1) is 0 Å². The summed E-state index contributed by atoms with van der Waals surface area (Å²) in [6.45, 7) is 6.41. The molecule has 0 radical (unpaired) electrons. The molecular formula is C16H22N2O2. The fourth-order valence-electron chi connectivity index (χ4n) is 2.52. The first-order valence-corrected chi connectivity index (χ1v) is 7.23. The van der Waals surface area contributed by atoms with E-state index in [1.807, 2.05) is 32.0 Å². The van der Waals surface area contributed by atoms with Crippen molar-refractivity contribution < 1.29 is 9.59 Å². The minimum atomic E-state index is -0.450. The van der Waals surface area contributed by atoms with E-state index in [9.17, 15) is 9.59 Å². The fraction of sp³-hybridized carbons (Fsp3) is 0.500. The lowest BCUT2D eigenvalue weighted by molar-refractivity contribution is -0.128. The van der Waals surface area contributed by atoms with Crippen molar-refractivity contribution in [3.63, 3.8) is 0 Å². The first kappa shape index (κ1) is 14.6. The molecule has 0 aliphatic carbocycles. The molecule has 1 heterocycles. The van der Waals surface area contributed by atoms with Crippen LogP contribution in [0.15, 0.2) is 24.3 Å². The molecule has 4 heteroatoms. The van der Waals surface area contributed by atoms with Crippen molar-refractivity contribution in [1.82, 2.24) is 5.32 Å². The van der Waals surface area contributed by atoms with E-state index in [1.54, 1.807) is 11.8 Å². The third-order valence-corrected chi connectivity index (χ3v) is 3.72. The Morgan fingerprint density at radius 1 is 1.30 bits per heavy atom. The van der Waals surface area contributed by atoms with Gasteiger partial charge in [-0.2, -0.15) is 0 Å². The summed E-state index contributed by atoms with van der Waals surface area (Å²) in [7, 11) is 0. The number of amides is 2. The summed E-state index contributed by atoms with van der Waals surface area (Å²) < 4.78 is 0. The quantitative estimate of drug-likeness (QED) is 0.914. The zero-order chi connectivity index (χ0) is 14.7. The molecule has 0 saturated heterocycles. The van der Waals surface area contributed by atoms with Crippen LogP contribution in [0.4, 0.5) is 5.69 Å². The molecule has 0 bridgehead atoms. The highest BCUT2D eigenvalue weighted by Crippen LogP contribution is 2.28. The molecule has 2 rings (SSSR count). The predicted octanol–water partition coefficient (Wildman–Crippen LogP) is 2.13. The van der Waals surface area contributed by atoms with E-state index in [0.29, 0.717) is 13.0 Å². The lowest BCUT2D eigenvalue weighted by atomic mass is 10.0. The fourth-order valence-corrected chi connectivity index (χ4v) is 2.52. The van der Waals surface area contributed by atoms with Crippen molar-refractivity contribution in [1.29, 1.82) is 0 Å². The summed E-state index contributed by atoms with van der Waals surface area (Å²) in [5.74, 6) is -0.0120. The second-order valence-corrected chi connectivity index (χ2v) is 5.51. The van der Waals surface area contributed by atoms with Gasteiger partial charge >= 0.3 is 0 Å². The van der Waals surface area contributed by atoms with Crippen LogP contribution in [-0.4, -0.2) is 24.4 Å². The van der Waals surface area contributed by atoms with Gasteiger partial charge in [-0.1, -0.05) is 39.0 Å². The normalized spacial score (nSPS) is 15.1. The van der Waals surface area contributed by atoms with Crippen molar-refractivity contribution >= 4 is 17.5 Å². The van der Waals surface area contributed by atoms with E-state index in [2.05, 4.69) is 11.4 Å². The van der Waals surface area contributed by atoms with Gasteiger partial charge in [0.15, 0.2) is 0 Å². The zero-order valence-corrected chi connectivity index (χ0v) is 12.3. The number of fused-ring (bicyclic) bond motifs is 1. The van der Waals surface area contributed by atoms with Gasteiger partial charge in [0.2, 0.25) is 11.8 Å². The predicted molar refractivity (Wildman–Crippen MR) is 79.6 cm³/mol. The average molecular weight is 274 g/mol. The minimum absolute atomic E-state index is 0.00764. The van der Waals surface area contributed by atoms with E-state index in [4.69, 9.17) is 0 Å². The Labute approximate surface area is 120 Å². The molecule has 0 spiro atoms. The van der Waals surface area contributed by atoms with Crippen molar-refractivity contribution in [2.45, 2.75) is 39.7 Å². The van der Waals surface area contributed by atoms with Crippen LogP contribution in [-0.2, 0) is 16.0 Å². The van der Waals surface area contributed by atoms with E-state index in [1.165, 1.54) is 5.56 Å². The number of para-hydroxylation sites is 1. The summed E-state index contributed by atoms with van der Waals surface area (Å²) in [5.41, 5.74) is 2.18. The number of nitrogens with one attached hydrogen (secondary N) is 1. The summed E-state index contributed by atoms with van der Waals surface area (Å²) in [5, 5.41) is 2.84. The number of hydrogen-bond acceptors (Lipinski definition) is 2. The van der Waals surface area contributed by atoms with Gasteiger partial charge in [0.25, 0.3) is 0 Å². The molecule has 1 aliphatic rings. The lowest BCUT2D eigenvalue weighted by Gasteiger charge is -2.27. The van der Waals surface area contributed by atoms with Gasteiger partial charge < -0.3 is 10.2 Å². The van der Waals surface area contributed by atoms with Gasteiger partial charge in [0.05, 0.1) is 0 Å².